The highest BCUT2D eigenvalue weighted by Crippen LogP contribution is 2.32. The van der Waals surface area contributed by atoms with Gasteiger partial charge in [0.25, 0.3) is 0 Å². The Kier molecular flexibility index (Phi) is 7.23. The lowest BCUT2D eigenvalue weighted by molar-refractivity contribution is -0.116. The number of nitrogens with zero attached hydrogens (tertiary/aromatic N) is 5. The van der Waals surface area contributed by atoms with E-state index in [0.29, 0.717) is 5.75 Å². The number of aromatic nitrogens is 3. The summed E-state index contributed by atoms with van der Waals surface area (Å²) in [7, 11) is 3.61. The molecule has 2 aromatic carbocycles. The van der Waals surface area contributed by atoms with Crippen LogP contribution in [0, 0.1) is 0 Å². The van der Waals surface area contributed by atoms with Gasteiger partial charge in [-0.3, -0.25) is 4.79 Å². The van der Waals surface area contributed by atoms with Gasteiger partial charge < -0.3 is 19.1 Å². The van der Waals surface area contributed by atoms with Crippen molar-refractivity contribution in [2.24, 2.45) is 7.05 Å². The van der Waals surface area contributed by atoms with Crippen LogP contribution in [0.5, 0.6) is 5.75 Å². The van der Waals surface area contributed by atoms with E-state index in [-0.39, 0.29) is 5.91 Å². The molecule has 174 valence electrons. The summed E-state index contributed by atoms with van der Waals surface area (Å²) in [6.07, 6.45) is 1.91. The van der Waals surface area contributed by atoms with Gasteiger partial charge in [-0.2, -0.15) is 0 Å². The van der Waals surface area contributed by atoms with Crippen LogP contribution in [0.25, 0.3) is 11.4 Å². The van der Waals surface area contributed by atoms with Gasteiger partial charge in [-0.25, -0.2) is 0 Å². The van der Waals surface area contributed by atoms with E-state index in [1.807, 2.05) is 34.7 Å². The second-order valence-electron chi connectivity index (χ2n) is 8.02. The van der Waals surface area contributed by atoms with Crippen LogP contribution in [0.15, 0.2) is 47.6 Å². The van der Waals surface area contributed by atoms with Crippen molar-refractivity contribution in [1.29, 1.82) is 0 Å². The molecule has 8 heteroatoms. The van der Waals surface area contributed by atoms with E-state index in [4.69, 9.17) is 4.74 Å². The molecule has 0 unspecified atom stereocenters. The minimum atomic E-state index is 0.0826. The SMILES string of the molecule is CCN(CC)c1ccc(-c2nnc(SCC(=O)N3CCCc4cc(OC)ccc43)n2C)cc1. The van der Waals surface area contributed by atoms with Crippen molar-refractivity contribution >= 4 is 29.0 Å². The number of hydrogen-bond acceptors (Lipinski definition) is 6. The standard InChI is InChI=1S/C25H31N5O2S/c1-5-29(6-2)20-11-9-18(10-12-20)24-26-27-25(28(24)3)33-17-23(31)30-15-7-8-19-16-21(32-4)13-14-22(19)30/h9-14,16H,5-8,15,17H2,1-4H3. The molecule has 0 spiro atoms. The number of rotatable bonds is 8. The minimum absolute atomic E-state index is 0.0826. The Balaban J connectivity index is 1.44. The summed E-state index contributed by atoms with van der Waals surface area (Å²) < 4.78 is 7.29. The molecule has 7 nitrogen and oxygen atoms in total. The fourth-order valence-electron chi connectivity index (χ4n) is 4.27. The van der Waals surface area contributed by atoms with Gasteiger partial charge in [0.15, 0.2) is 11.0 Å². The number of hydrogen-bond donors (Lipinski definition) is 0. The van der Waals surface area contributed by atoms with E-state index < -0.39 is 0 Å². The van der Waals surface area contributed by atoms with Gasteiger partial charge in [-0.05, 0) is 74.7 Å². The third-order valence-electron chi connectivity index (χ3n) is 6.12. The van der Waals surface area contributed by atoms with Gasteiger partial charge in [-0.15, -0.1) is 10.2 Å². The van der Waals surface area contributed by atoms with Crippen molar-refractivity contribution in [2.45, 2.75) is 31.8 Å². The van der Waals surface area contributed by atoms with Gasteiger partial charge in [0, 0.05) is 43.6 Å². The molecule has 0 fully saturated rings. The Hall–Kier alpha value is -3.00. The normalized spacial score (nSPS) is 13.0. The van der Waals surface area contributed by atoms with E-state index in [1.54, 1.807) is 7.11 Å². The maximum absolute atomic E-state index is 13.0. The maximum atomic E-state index is 13.0. The van der Waals surface area contributed by atoms with Crippen molar-refractivity contribution in [3.8, 4) is 17.1 Å². The monoisotopic (exact) mass is 465 g/mol. The molecule has 0 bridgehead atoms. The van der Waals surface area contributed by atoms with E-state index >= 15 is 0 Å². The molecule has 1 aliphatic rings. The zero-order valence-corrected chi connectivity index (χ0v) is 20.6. The zero-order valence-electron chi connectivity index (χ0n) is 19.7. The van der Waals surface area contributed by atoms with Crippen LogP contribution in [0.3, 0.4) is 0 Å². The highest BCUT2D eigenvalue weighted by Gasteiger charge is 2.24. The number of anilines is 2. The third kappa shape index (κ3) is 4.85. The molecule has 0 aliphatic carbocycles. The predicted octanol–water partition coefficient (Wildman–Crippen LogP) is 4.41. The highest BCUT2D eigenvalue weighted by atomic mass is 32.2. The molecule has 0 atom stereocenters. The lowest BCUT2D eigenvalue weighted by atomic mass is 10.0. The molecule has 1 aliphatic heterocycles. The highest BCUT2D eigenvalue weighted by molar-refractivity contribution is 7.99. The largest absolute Gasteiger partial charge is 0.497 e. The van der Waals surface area contributed by atoms with Crippen molar-refractivity contribution in [3.63, 3.8) is 0 Å². The zero-order chi connectivity index (χ0) is 23.4. The van der Waals surface area contributed by atoms with Crippen LogP contribution in [0.2, 0.25) is 0 Å². The third-order valence-corrected chi connectivity index (χ3v) is 7.13. The molecule has 1 aromatic heterocycles. The summed E-state index contributed by atoms with van der Waals surface area (Å²) in [6, 6.07) is 14.3. The smallest absolute Gasteiger partial charge is 0.237 e. The Labute approximate surface area is 199 Å². The Bertz CT molecular complexity index is 1110. The molecule has 33 heavy (non-hydrogen) atoms. The second-order valence-corrected chi connectivity index (χ2v) is 8.96. The van der Waals surface area contributed by atoms with Gasteiger partial charge in [0.1, 0.15) is 5.75 Å². The quantitative estimate of drug-likeness (QED) is 0.459. The number of amides is 1. The van der Waals surface area contributed by atoms with E-state index in [2.05, 4.69) is 53.2 Å². The summed E-state index contributed by atoms with van der Waals surface area (Å²) in [5.74, 6) is 2.03. The Morgan fingerprint density at radius 2 is 1.88 bits per heavy atom. The lowest BCUT2D eigenvalue weighted by Crippen LogP contribution is -2.36. The molecule has 0 saturated heterocycles. The number of ether oxygens (including phenoxy) is 1. The first-order valence-corrected chi connectivity index (χ1v) is 12.4. The van der Waals surface area contributed by atoms with Crippen LogP contribution >= 0.6 is 11.8 Å². The number of benzene rings is 2. The Morgan fingerprint density at radius 1 is 1.12 bits per heavy atom. The molecule has 0 saturated carbocycles. The van der Waals surface area contributed by atoms with Crippen LogP contribution in [-0.4, -0.2) is 53.2 Å². The summed E-state index contributed by atoms with van der Waals surface area (Å²) in [5.41, 5.74) is 4.36. The molecule has 0 radical (unpaired) electrons. The van der Waals surface area contributed by atoms with Crippen molar-refractivity contribution in [2.75, 3.05) is 42.3 Å². The first-order valence-electron chi connectivity index (χ1n) is 11.4. The summed E-state index contributed by atoms with van der Waals surface area (Å²) in [4.78, 5) is 17.2. The van der Waals surface area contributed by atoms with E-state index in [9.17, 15) is 4.79 Å². The van der Waals surface area contributed by atoms with E-state index in [0.717, 1.165) is 66.0 Å². The van der Waals surface area contributed by atoms with Gasteiger partial charge >= 0.3 is 0 Å². The topological polar surface area (TPSA) is 63.5 Å². The van der Waals surface area contributed by atoms with Crippen molar-refractivity contribution < 1.29 is 9.53 Å². The maximum Gasteiger partial charge on any atom is 0.237 e. The molecular weight excluding hydrogens is 434 g/mol. The number of thioether (sulfide) groups is 1. The van der Waals surface area contributed by atoms with Crippen LogP contribution < -0.4 is 14.5 Å². The van der Waals surface area contributed by atoms with E-state index in [1.165, 1.54) is 17.4 Å². The first kappa shape index (κ1) is 23.2. The van der Waals surface area contributed by atoms with Gasteiger partial charge in [-0.1, -0.05) is 11.8 Å². The fraction of sp³-hybridized carbons (Fsp3) is 0.400. The first-order chi connectivity index (χ1) is 16.0. The molecule has 1 amide bonds. The van der Waals surface area contributed by atoms with Gasteiger partial charge in [0.05, 0.1) is 12.9 Å². The Morgan fingerprint density at radius 3 is 2.58 bits per heavy atom. The molecular formula is C25H31N5O2S. The van der Waals surface area contributed by atoms with Gasteiger partial charge in [0.2, 0.25) is 5.91 Å². The van der Waals surface area contributed by atoms with Crippen molar-refractivity contribution in [1.82, 2.24) is 14.8 Å². The molecule has 3 aromatic rings. The minimum Gasteiger partial charge on any atom is -0.497 e. The lowest BCUT2D eigenvalue weighted by Gasteiger charge is -2.29. The predicted molar refractivity (Wildman–Crippen MR) is 134 cm³/mol. The summed E-state index contributed by atoms with van der Waals surface area (Å²) in [6.45, 7) is 7.00. The number of carbonyl (C=O) groups is 1. The number of methoxy groups -OCH3 is 1. The molecule has 2 heterocycles. The van der Waals surface area contributed by atoms with Crippen LogP contribution in [0.1, 0.15) is 25.8 Å². The van der Waals surface area contributed by atoms with Crippen molar-refractivity contribution in [3.05, 3.63) is 48.0 Å². The fourth-order valence-corrected chi connectivity index (χ4v) is 5.05. The second kappa shape index (κ2) is 10.3. The average Bonchev–Trinajstić information content (AvgIpc) is 3.23. The summed E-state index contributed by atoms with van der Waals surface area (Å²) in [5, 5.41) is 9.46. The molecule has 0 N–H and O–H groups in total. The molecule has 4 rings (SSSR count). The number of carbonyl (C=O) groups excluding carboxylic acids is 1. The summed E-state index contributed by atoms with van der Waals surface area (Å²) >= 11 is 1.43. The van der Waals surface area contributed by atoms with Crippen LogP contribution in [0.4, 0.5) is 11.4 Å². The number of fused-ring (bicyclic) bond motifs is 1. The average molecular weight is 466 g/mol. The number of aryl methyl sites for hydroxylation is 1. The van der Waals surface area contributed by atoms with Crippen LogP contribution in [-0.2, 0) is 18.3 Å².